The third-order valence-corrected chi connectivity index (χ3v) is 8.33. The van der Waals surface area contributed by atoms with Crippen LogP contribution in [0.1, 0.15) is 76.7 Å². The van der Waals surface area contributed by atoms with E-state index in [1.54, 1.807) is 0 Å². The van der Waals surface area contributed by atoms with E-state index in [2.05, 4.69) is 41.0 Å². The predicted molar refractivity (Wildman–Crippen MR) is 125 cm³/mol. The van der Waals surface area contributed by atoms with Crippen molar-refractivity contribution >= 4 is 11.8 Å². The second-order valence-electron chi connectivity index (χ2n) is 10.3. The molecule has 0 unspecified atom stereocenters. The molecule has 0 spiro atoms. The van der Waals surface area contributed by atoms with Crippen LogP contribution >= 0.6 is 0 Å². The Labute approximate surface area is 188 Å². The first-order valence-corrected chi connectivity index (χ1v) is 12.7. The van der Waals surface area contributed by atoms with Crippen LogP contribution in [0.4, 0.5) is 0 Å². The molecule has 1 saturated carbocycles. The first-order valence-electron chi connectivity index (χ1n) is 12.7. The maximum atomic E-state index is 13.7. The molecule has 0 radical (unpaired) electrons. The number of piperidine rings is 1. The van der Waals surface area contributed by atoms with Crippen molar-refractivity contribution < 1.29 is 9.59 Å². The molecule has 31 heavy (non-hydrogen) atoms. The fourth-order valence-corrected chi connectivity index (χ4v) is 6.21. The number of carbonyl (C=O) groups is 2. The van der Waals surface area contributed by atoms with Gasteiger partial charge in [-0.2, -0.15) is 0 Å². The Kier molecular flexibility index (Phi) is 7.35. The predicted octanol–water partition coefficient (Wildman–Crippen LogP) is 5.07. The molecule has 0 N–H and O–H groups in total. The average molecular weight is 425 g/mol. The summed E-state index contributed by atoms with van der Waals surface area (Å²) in [6.45, 7) is 5.61. The lowest BCUT2D eigenvalue weighted by atomic mass is 9.68. The Bertz CT molecular complexity index is 735. The number of amides is 2. The van der Waals surface area contributed by atoms with Crippen molar-refractivity contribution in [2.24, 2.45) is 17.3 Å². The first-order chi connectivity index (χ1) is 15.1. The number of rotatable bonds is 5. The van der Waals surface area contributed by atoms with Gasteiger partial charge in [0.05, 0.1) is 0 Å². The molecule has 1 aromatic carbocycles. The topological polar surface area (TPSA) is 40.6 Å². The van der Waals surface area contributed by atoms with Crippen LogP contribution < -0.4 is 0 Å². The van der Waals surface area contributed by atoms with Crippen LogP contribution in [0.3, 0.4) is 0 Å². The Morgan fingerprint density at radius 1 is 0.935 bits per heavy atom. The van der Waals surface area contributed by atoms with E-state index in [0.29, 0.717) is 17.7 Å². The number of hydrogen-bond acceptors (Lipinski definition) is 2. The lowest BCUT2D eigenvalue weighted by molar-refractivity contribution is -0.146. The highest BCUT2D eigenvalue weighted by molar-refractivity contribution is 5.83. The molecule has 2 aliphatic heterocycles. The van der Waals surface area contributed by atoms with Crippen molar-refractivity contribution in [2.75, 3.05) is 26.2 Å². The number of hydrogen-bond donors (Lipinski definition) is 0. The molecular formula is C27H40N2O2. The fraction of sp³-hybridized carbons (Fsp3) is 0.704. The molecule has 4 rings (SSSR count). The molecule has 2 saturated heterocycles. The molecule has 3 fully saturated rings. The second kappa shape index (κ2) is 10.2. The van der Waals surface area contributed by atoms with Gasteiger partial charge in [0.2, 0.25) is 11.8 Å². The van der Waals surface area contributed by atoms with Crippen LogP contribution in [0.5, 0.6) is 0 Å². The maximum absolute atomic E-state index is 13.7. The quantitative estimate of drug-likeness (QED) is 0.662. The van der Waals surface area contributed by atoms with Gasteiger partial charge >= 0.3 is 0 Å². The summed E-state index contributed by atoms with van der Waals surface area (Å²) in [5.74, 6) is 1.40. The summed E-state index contributed by atoms with van der Waals surface area (Å²) in [5, 5.41) is 0. The fourth-order valence-electron chi connectivity index (χ4n) is 6.21. The normalized spacial score (nSPS) is 26.7. The van der Waals surface area contributed by atoms with Gasteiger partial charge in [-0.25, -0.2) is 0 Å². The summed E-state index contributed by atoms with van der Waals surface area (Å²) in [4.78, 5) is 30.9. The van der Waals surface area contributed by atoms with Crippen molar-refractivity contribution in [3.8, 4) is 0 Å². The van der Waals surface area contributed by atoms with Crippen molar-refractivity contribution in [2.45, 2.75) is 77.6 Å². The van der Waals surface area contributed by atoms with Gasteiger partial charge in [0.1, 0.15) is 0 Å². The van der Waals surface area contributed by atoms with E-state index in [1.807, 2.05) is 6.07 Å². The van der Waals surface area contributed by atoms with E-state index in [4.69, 9.17) is 0 Å². The summed E-state index contributed by atoms with van der Waals surface area (Å²) in [6.07, 6.45) is 12.0. The van der Waals surface area contributed by atoms with E-state index in [-0.39, 0.29) is 11.3 Å². The lowest BCUT2D eigenvalue weighted by Crippen LogP contribution is -2.50. The van der Waals surface area contributed by atoms with Gasteiger partial charge in [-0.1, -0.05) is 62.9 Å². The third kappa shape index (κ3) is 5.15. The lowest BCUT2D eigenvalue weighted by Gasteiger charge is -2.43. The van der Waals surface area contributed by atoms with E-state index in [1.165, 1.54) is 24.8 Å². The first kappa shape index (κ1) is 22.4. The highest BCUT2D eigenvalue weighted by Gasteiger charge is 2.45. The second-order valence-corrected chi connectivity index (χ2v) is 10.3. The summed E-state index contributed by atoms with van der Waals surface area (Å²) in [7, 11) is 0. The molecule has 3 aliphatic rings. The highest BCUT2D eigenvalue weighted by Crippen LogP contribution is 2.43. The minimum Gasteiger partial charge on any atom is -0.342 e. The molecule has 0 aromatic heterocycles. The third-order valence-electron chi connectivity index (χ3n) is 8.33. The van der Waals surface area contributed by atoms with E-state index in [0.717, 1.165) is 77.5 Å². The van der Waals surface area contributed by atoms with Gasteiger partial charge in [0, 0.05) is 37.5 Å². The van der Waals surface area contributed by atoms with Crippen LogP contribution in [0.2, 0.25) is 0 Å². The van der Waals surface area contributed by atoms with Gasteiger partial charge < -0.3 is 9.80 Å². The van der Waals surface area contributed by atoms with Gasteiger partial charge in [-0.05, 0) is 56.4 Å². The number of benzene rings is 1. The zero-order valence-electron chi connectivity index (χ0n) is 19.4. The Hall–Kier alpha value is -1.84. The SMILES string of the molecule is C[C@]1(C2CCN(C(=O)C3CCCCC3)CC2)CCCCN(CCc2ccccc2)C1=O. The monoisotopic (exact) mass is 424 g/mol. The summed E-state index contributed by atoms with van der Waals surface area (Å²) < 4.78 is 0. The standard InChI is InChI=1S/C27H40N2O2/c1-27(24-15-20-28(21-16-24)25(30)23-12-6-3-7-13-23)17-8-9-18-29(26(27)31)19-14-22-10-4-2-5-11-22/h2,4-5,10-11,23-24H,3,6-9,12-21H2,1H3/t27-/m1/s1. The Balaban J connectivity index is 1.36. The largest absolute Gasteiger partial charge is 0.342 e. The summed E-state index contributed by atoms with van der Waals surface area (Å²) >= 11 is 0. The number of likely N-dealkylation sites (tertiary alicyclic amines) is 2. The zero-order chi connectivity index (χ0) is 21.7. The Morgan fingerprint density at radius 3 is 2.35 bits per heavy atom. The van der Waals surface area contributed by atoms with Crippen molar-refractivity contribution in [1.29, 1.82) is 0 Å². The van der Waals surface area contributed by atoms with Crippen molar-refractivity contribution in [3.05, 3.63) is 35.9 Å². The molecule has 1 aliphatic carbocycles. The molecule has 170 valence electrons. The molecule has 1 aromatic rings. The van der Waals surface area contributed by atoms with E-state index < -0.39 is 0 Å². The van der Waals surface area contributed by atoms with E-state index >= 15 is 0 Å². The summed E-state index contributed by atoms with van der Waals surface area (Å²) in [6, 6.07) is 10.5. The maximum Gasteiger partial charge on any atom is 0.228 e. The van der Waals surface area contributed by atoms with Crippen LogP contribution in [0.15, 0.2) is 30.3 Å². The summed E-state index contributed by atoms with van der Waals surface area (Å²) in [5.41, 5.74) is 1.03. The van der Waals surface area contributed by atoms with Crippen LogP contribution in [-0.2, 0) is 16.0 Å². The molecule has 2 heterocycles. The minimum atomic E-state index is -0.271. The molecule has 4 nitrogen and oxygen atoms in total. The molecular weight excluding hydrogens is 384 g/mol. The Morgan fingerprint density at radius 2 is 1.65 bits per heavy atom. The van der Waals surface area contributed by atoms with Crippen molar-refractivity contribution in [1.82, 2.24) is 9.80 Å². The number of nitrogens with zero attached hydrogens (tertiary/aromatic N) is 2. The van der Waals surface area contributed by atoms with Crippen LogP contribution in [0, 0.1) is 17.3 Å². The average Bonchev–Trinajstić information content (AvgIpc) is 2.97. The van der Waals surface area contributed by atoms with Gasteiger partial charge in [-0.15, -0.1) is 0 Å². The highest BCUT2D eigenvalue weighted by atomic mass is 16.2. The smallest absolute Gasteiger partial charge is 0.228 e. The van der Waals surface area contributed by atoms with Gasteiger partial charge in [0.15, 0.2) is 0 Å². The van der Waals surface area contributed by atoms with Crippen molar-refractivity contribution in [3.63, 3.8) is 0 Å². The molecule has 2 amide bonds. The molecule has 0 bridgehead atoms. The van der Waals surface area contributed by atoms with E-state index in [9.17, 15) is 9.59 Å². The van der Waals surface area contributed by atoms with Crippen LogP contribution in [-0.4, -0.2) is 47.8 Å². The van der Waals surface area contributed by atoms with Crippen LogP contribution in [0.25, 0.3) is 0 Å². The number of carbonyl (C=O) groups excluding carboxylic acids is 2. The molecule has 4 heteroatoms. The zero-order valence-corrected chi connectivity index (χ0v) is 19.4. The molecule has 1 atom stereocenters. The van der Waals surface area contributed by atoms with Gasteiger partial charge in [0.25, 0.3) is 0 Å². The van der Waals surface area contributed by atoms with Gasteiger partial charge in [-0.3, -0.25) is 9.59 Å². The minimum absolute atomic E-state index is 0.258.